The molecule has 0 saturated carbocycles. The minimum Gasteiger partial charge on any atom is -0.331 e. The summed E-state index contributed by atoms with van der Waals surface area (Å²) in [7, 11) is 0. The molecule has 1 N–H and O–H groups in total. The minimum absolute atomic E-state index is 0.525. The van der Waals surface area contributed by atoms with Gasteiger partial charge in [-0.05, 0) is 29.5 Å². The number of hydrogen-bond donors (Lipinski definition) is 1. The first kappa shape index (κ1) is 8.83. The van der Waals surface area contributed by atoms with Crippen molar-refractivity contribution in [1.82, 2.24) is 9.97 Å². The molecule has 0 fully saturated rings. The average molecular weight is 184 g/mol. The summed E-state index contributed by atoms with van der Waals surface area (Å²) in [6.45, 7) is 4.33. The zero-order chi connectivity index (χ0) is 10.1. The first-order chi connectivity index (χ1) is 6.70. The van der Waals surface area contributed by atoms with Crippen molar-refractivity contribution in [3.05, 3.63) is 29.6 Å². The van der Waals surface area contributed by atoms with E-state index in [-0.39, 0.29) is 0 Å². The van der Waals surface area contributed by atoms with Gasteiger partial charge in [0.1, 0.15) is 0 Å². The van der Waals surface area contributed by atoms with E-state index < -0.39 is 0 Å². The number of imidazole rings is 1. The Morgan fingerprint density at radius 1 is 1.43 bits per heavy atom. The molecule has 1 heterocycles. The molecular weight excluding hydrogens is 172 g/mol. The molecular formula is C12H12N2. The highest BCUT2D eigenvalue weighted by molar-refractivity contribution is 5.76. The van der Waals surface area contributed by atoms with Gasteiger partial charge in [0.15, 0.2) is 5.82 Å². The zero-order valence-electron chi connectivity index (χ0n) is 8.33. The summed E-state index contributed by atoms with van der Waals surface area (Å²) in [5, 5.41) is 0. The number of benzene rings is 1. The molecule has 0 aliphatic rings. The van der Waals surface area contributed by atoms with E-state index in [1.54, 1.807) is 0 Å². The van der Waals surface area contributed by atoms with E-state index in [1.807, 2.05) is 6.07 Å². The number of aromatic nitrogens is 2. The fourth-order valence-corrected chi connectivity index (χ4v) is 1.45. The zero-order valence-corrected chi connectivity index (χ0v) is 8.33. The van der Waals surface area contributed by atoms with E-state index in [2.05, 4.69) is 41.9 Å². The van der Waals surface area contributed by atoms with Crippen LogP contribution in [0.3, 0.4) is 0 Å². The Kier molecular flexibility index (Phi) is 2.01. The predicted octanol–water partition coefficient (Wildman–Crippen LogP) is 2.67. The number of fused-ring (bicyclic) bond motifs is 1. The van der Waals surface area contributed by atoms with Crippen molar-refractivity contribution in [2.24, 2.45) is 0 Å². The molecule has 70 valence electrons. The van der Waals surface area contributed by atoms with Gasteiger partial charge in [-0.25, -0.2) is 4.98 Å². The smallest absolute Gasteiger partial charge is 0.183 e. The molecule has 0 spiro atoms. The highest BCUT2D eigenvalue weighted by Gasteiger charge is 2.03. The third-order valence-corrected chi connectivity index (χ3v) is 2.31. The molecule has 0 amide bonds. The molecule has 0 atom stereocenters. The van der Waals surface area contributed by atoms with Crippen molar-refractivity contribution in [3.63, 3.8) is 0 Å². The fraction of sp³-hybridized carbons (Fsp3) is 0.250. The first-order valence-corrected chi connectivity index (χ1v) is 4.67. The van der Waals surface area contributed by atoms with Crippen LogP contribution in [-0.4, -0.2) is 9.97 Å². The Bertz CT molecular complexity index is 501. The van der Waals surface area contributed by atoms with Crippen LogP contribution in [-0.2, 0) is 0 Å². The second-order valence-corrected chi connectivity index (χ2v) is 3.66. The molecule has 1 aromatic carbocycles. The molecule has 0 aliphatic heterocycles. The van der Waals surface area contributed by atoms with E-state index in [0.29, 0.717) is 11.7 Å². The van der Waals surface area contributed by atoms with E-state index in [4.69, 9.17) is 6.42 Å². The molecule has 2 nitrogen and oxygen atoms in total. The molecule has 0 aliphatic carbocycles. The molecule has 0 bridgehead atoms. The van der Waals surface area contributed by atoms with E-state index >= 15 is 0 Å². The largest absolute Gasteiger partial charge is 0.331 e. The van der Waals surface area contributed by atoms with Crippen LogP contribution in [0.4, 0.5) is 0 Å². The maximum atomic E-state index is 5.27. The predicted molar refractivity (Wildman–Crippen MR) is 58.1 cm³/mol. The molecule has 2 heteroatoms. The van der Waals surface area contributed by atoms with Gasteiger partial charge in [-0.1, -0.05) is 19.9 Å². The number of H-pyrrole nitrogens is 1. The quantitative estimate of drug-likeness (QED) is 0.678. The monoisotopic (exact) mass is 184 g/mol. The minimum atomic E-state index is 0.525. The summed E-state index contributed by atoms with van der Waals surface area (Å²) in [6, 6.07) is 6.20. The third-order valence-electron chi connectivity index (χ3n) is 2.31. The van der Waals surface area contributed by atoms with Gasteiger partial charge in [-0.3, -0.25) is 0 Å². The lowest BCUT2D eigenvalue weighted by atomic mass is 10.0. The van der Waals surface area contributed by atoms with Crippen molar-refractivity contribution in [2.45, 2.75) is 19.8 Å². The fourth-order valence-electron chi connectivity index (χ4n) is 1.45. The number of terminal acetylenes is 1. The van der Waals surface area contributed by atoms with Crippen molar-refractivity contribution in [2.75, 3.05) is 0 Å². The summed E-state index contributed by atoms with van der Waals surface area (Å²) >= 11 is 0. The summed E-state index contributed by atoms with van der Waals surface area (Å²) in [5.41, 5.74) is 3.25. The Balaban J connectivity index is 2.61. The molecule has 0 unspecified atom stereocenters. The molecule has 0 saturated heterocycles. The summed E-state index contributed by atoms with van der Waals surface area (Å²) in [6.07, 6.45) is 5.27. The van der Waals surface area contributed by atoms with Crippen molar-refractivity contribution in [3.8, 4) is 12.3 Å². The van der Waals surface area contributed by atoms with Crippen LogP contribution < -0.4 is 0 Å². The Morgan fingerprint density at radius 2 is 2.21 bits per heavy atom. The van der Waals surface area contributed by atoms with Gasteiger partial charge in [0.05, 0.1) is 11.0 Å². The summed E-state index contributed by atoms with van der Waals surface area (Å²) < 4.78 is 0. The lowest BCUT2D eigenvalue weighted by molar-refractivity contribution is 0.868. The van der Waals surface area contributed by atoms with E-state index in [1.165, 1.54) is 5.56 Å². The Morgan fingerprint density at radius 3 is 2.86 bits per heavy atom. The van der Waals surface area contributed by atoms with Crippen LogP contribution in [0.25, 0.3) is 11.0 Å². The standard InChI is InChI=1S/C12H12N2/c1-4-12-13-10-6-5-9(8(2)3)7-11(10)14-12/h1,5-8H,2-3H3,(H,13,14). The van der Waals surface area contributed by atoms with E-state index in [0.717, 1.165) is 11.0 Å². The lowest BCUT2D eigenvalue weighted by Crippen LogP contribution is -1.85. The third kappa shape index (κ3) is 1.38. The van der Waals surface area contributed by atoms with E-state index in [9.17, 15) is 0 Å². The first-order valence-electron chi connectivity index (χ1n) is 4.67. The number of nitrogens with one attached hydrogen (secondary N) is 1. The van der Waals surface area contributed by atoms with Gasteiger partial charge in [0.2, 0.25) is 0 Å². The summed E-state index contributed by atoms with van der Waals surface area (Å²) in [5.74, 6) is 3.62. The van der Waals surface area contributed by atoms with Crippen molar-refractivity contribution in [1.29, 1.82) is 0 Å². The maximum Gasteiger partial charge on any atom is 0.183 e. The number of aromatic amines is 1. The highest BCUT2D eigenvalue weighted by atomic mass is 14.9. The highest BCUT2D eigenvalue weighted by Crippen LogP contribution is 2.19. The van der Waals surface area contributed by atoms with Crippen LogP contribution in [0.1, 0.15) is 31.2 Å². The topological polar surface area (TPSA) is 28.7 Å². The van der Waals surface area contributed by atoms with Crippen LogP contribution in [0.2, 0.25) is 0 Å². The molecule has 14 heavy (non-hydrogen) atoms. The summed E-state index contributed by atoms with van der Waals surface area (Å²) in [4.78, 5) is 7.33. The SMILES string of the molecule is C#Cc1nc2ccc(C(C)C)cc2[nH]1. The molecule has 0 radical (unpaired) electrons. The van der Waals surface area contributed by atoms with Gasteiger partial charge in [-0.15, -0.1) is 6.42 Å². The number of rotatable bonds is 1. The second kappa shape index (κ2) is 3.19. The molecule has 2 rings (SSSR count). The normalized spacial score (nSPS) is 10.7. The van der Waals surface area contributed by atoms with Gasteiger partial charge in [0, 0.05) is 0 Å². The van der Waals surface area contributed by atoms with Crippen LogP contribution in [0, 0.1) is 12.3 Å². The van der Waals surface area contributed by atoms with Gasteiger partial charge < -0.3 is 4.98 Å². The van der Waals surface area contributed by atoms with Gasteiger partial charge >= 0.3 is 0 Å². The molecule has 1 aromatic heterocycles. The van der Waals surface area contributed by atoms with Gasteiger partial charge in [-0.2, -0.15) is 0 Å². The van der Waals surface area contributed by atoms with Crippen LogP contribution >= 0.6 is 0 Å². The number of nitrogens with zero attached hydrogens (tertiary/aromatic N) is 1. The Labute approximate surface area is 83.4 Å². The number of hydrogen-bond acceptors (Lipinski definition) is 1. The maximum absolute atomic E-state index is 5.27. The second-order valence-electron chi connectivity index (χ2n) is 3.66. The Hall–Kier alpha value is -1.75. The van der Waals surface area contributed by atoms with Gasteiger partial charge in [0.25, 0.3) is 0 Å². The average Bonchev–Trinajstić information content (AvgIpc) is 2.58. The van der Waals surface area contributed by atoms with Crippen LogP contribution in [0.15, 0.2) is 18.2 Å². The lowest BCUT2D eigenvalue weighted by Gasteiger charge is -2.03. The molecule has 2 aromatic rings. The van der Waals surface area contributed by atoms with Crippen molar-refractivity contribution < 1.29 is 0 Å². The van der Waals surface area contributed by atoms with Crippen molar-refractivity contribution >= 4 is 11.0 Å². The van der Waals surface area contributed by atoms with Crippen LogP contribution in [0.5, 0.6) is 0 Å².